The van der Waals surface area contributed by atoms with E-state index in [4.69, 9.17) is 5.14 Å². The summed E-state index contributed by atoms with van der Waals surface area (Å²) in [4.78, 5) is 2.01. The van der Waals surface area contributed by atoms with Crippen LogP contribution in [0.15, 0.2) is 23.1 Å². The highest BCUT2D eigenvalue weighted by atomic mass is 32.2. The van der Waals surface area contributed by atoms with Gasteiger partial charge in [0, 0.05) is 19.1 Å². The van der Waals surface area contributed by atoms with Crippen molar-refractivity contribution in [3.8, 4) is 0 Å². The third-order valence-electron chi connectivity index (χ3n) is 3.22. The minimum Gasteiger partial charge on any atom is -0.381 e. The first-order chi connectivity index (χ1) is 8.88. The monoisotopic (exact) mass is 287 g/mol. The van der Waals surface area contributed by atoms with Crippen LogP contribution in [0.2, 0.25) is 0 Å². The van der Waals surface area contributed by atoms with Crippen LogP contribution in [-0.4, -0.2) is 39.5 Å². The summed E-state index contributed by atoms with van der Waals surface area (Å²) < 4.78 is 35.8. The SMILES string of the molecule is CN(CCNc1ccc(S(N)(=O)=O)cc1F)C1CC1. The molecule has 3 N–H and O–H groups in total. The highest BCUT2D eigenvalue weighted by molar-refractivity contribution is 7.89. The standard InChI is InChI=1S/C12H18FN3O2S/c1-16(9-2-3-9)7-6-15-12-5-4-10(8-11(12)13)19(14,17)18/h4-5,8-9,15H,2-3,6-7H2,1H3,(H2,14,17,18). The van der Waals surface area contributed by atoms with Crippen LogP contribution in [0.25, 0.3) is 0 Å². The lowest BCUT2D eigenvalue weighted by molar-refractivity contribution is 0.337. The second-order valence-corrected chi connectivity index (χ2v) is 6.39. The summed E-state index contributed by atoms with van der Waals surface area (Å²) in [5.74, 6) is -0.611. The number of halogens is 1. The number of anilines is 1. The molecule has 0 heterocycles. The minimum atomic E-state index is -3.86. The van der Waals surface area contributed by atoms with Crippen molar-refractivity contribution in [1.82, 2.24) is 4.90 Å². The lowest BCUT2D eigenvalue weighted by atomic mass is 10.3. The van der Waals surface area contributed by atoms with Gasteiger partial charge in [0.2, 0.25) is 10.0 Å². The Kier molecular flexibility index (Phi) is 4.07. The highest BCUT2D eigenvalue weighted by Gasteiger charge is 2.25. The van der Waals surface area contributed by atoms with Crippen molar-refractivity contribution >= 4 is 15.7 Å². The van der Waals surface area contributed by atoms with E-state index in [9.17, 15) is 12.8 Å². The zero-order chi connectivity index (χ0) is 14.0. The molecule has 7 heteroatoms. The van der Waals surface area contributed by atoms with Gasteiger partial charge in [0.25, 0.3) is 0 Å². The summed E-state index contributed by atoms with van der Waals surface area (Å²) in [6, 6.07) is 4.29. The van der Waals surface area contributed by atoms with Gasteiger partial charge in [-0.25, -0.2) is 17.9 Å². The Bertz CT molecular complexity index is 558. The normalized spacial score (nSPS) is 15.8. The lowest BCUT2D eigenvalue weighted by Gasteiger charge is -2.16. The van der Waals surface area contributed by atoms with E-state index in [-0.39, 0.29) is 10.6 Å². The number of hydrogen-bond acceptors (Lipinski definition) is 4. The Labute approximate surface area is 112 Å². The molecule has 0 spiro atoms. The molecule has 0 saturated heterocycles. The molecular weight excluding hydrogens is 269 g/mol. The molecule has 0 amide bonds. The van der Waals surface area contributed by atoms with Crippen molar-refractivity contribution < 1.29 is 12.8 Å². The van der Waals surface area contributed by atoms with Gasteiger partial charge in [-0.05, 0) is 38.1 Å². The molecule has 0 radical (unpaired) electrons. The molecule has 0 unspecified atom stereocenters. The van der Waals surface area contributed by atoms with Gasteiger partial charge in [-0.3, -0.25) is 0 Å². The Hall–Kier alpha value is -1.18. The lowest BCUT2D eigenvalue weighted by Crippen LogP contribution is -2.27. The maximum atomic E-state index is 13.7. The number of nitrogens with zero attached hydrogens (tertiary/aromatic N) is 1. The summed E-state index contributed by atoms with van der Waals surface area (Å²) in [5, 5.41) is 7.89. The molecule has 5 nitrogen and oxygen atoms in total. The van der Waals surface area contributed by atoms with Gasteiger partial charge in [-0.1, -0.05) is 0 Å². The summed E-state index contributed by atoms with van der Waals surface area (Å²) in [5.41, 5.74) is 0.289. The van der Waals surface area contributed by atoms with Crippen LogP contribution in [-0.2, 0) is 10.0 Å². The number of sulfonamides is 1. The van der Waals surface area contributed by atoms with Crippen LogP contribution in [0, 0.1) is 5.82 Å². The fourth-order valence-electron chi connectivity index (χ4n) is 1.88. The van der Waals surface area contributed by atoms with Crippen molar-refractivity contribution in [3.63, 3.8) is 0 Å². The van der Waals surface area contributed by atoms with Crippen LogP contribution in [0.4, 0.5) is 10.1 Å². The van der Waals surface area contributed by atoms with Gasteiger partial charge in [0.1, 0.15) is 5.82 Å². The van der Waals surface area contributed by atoms with Crippen LogP contribution >= 0.6 is 0 Å². The fraction of sp³-hybridized carbons (Fsp3) is 0.500. The molecule has 1 aromatic carbocycles. The van der Waals surface area contributed by atoms with Gasteiger partial charge in [-0.2, -0.15) is 0 Å². The van der Waals surface area contributed by atoms with Gasteiger partial charge in [0.05, 0.1) is 10.6 Å². The zero-order valence-corrected chi connectivity index (χ0v) is 11.6. The molecule has 1 fully saturated rings. The van der Waals surface area contributed by atoms with Crippen molar-refractivity contribution in [3.05, 3.63) is 24.0 Å². The summed E-state index contributed by atoms with van der Waals surface area (Å²) in [7, 11) is -1.81. The smallest absolute Gasteiger partial charge is 0.238 e. The average Bonchev–Trinajstić information content (AvgIpc) is 3.13. The number of benzene rings is 1. The maximum absolute atomic E-state index is 13.7. The maximum Gasteiger partial charge on any atom is 0.238 e. The van der Waals surface area contributed by atoms with E-state index in [1.54, 1.807) is 0 Å². The topological polar surface area (TPSA) is 75.4 Å². The number of rotatable bonds is 6. The molecule has 1 saturated carbocycles. The predicted octanol–water partition coefficient (Wildman–Crippen LogP) is 0.979. The number of likely N-dealkylation sites (N-methyl/N-ethyl adjacent to an activating group) is 1. The Balaban J connectivity index is 1.93. The first kappa shape index (κ1) is 14.2. The zero-order valence-electron chi connectivity index (χ0n) is 10.8. The van der Waals surface area contributed by atoms with Crippen LogP contribution in [0.1, 0.15) is 12.8 Å². The summed E-state index contributed by atoms with van der Waals surface area (Å²) >= 11 is 0. The van der Waals surface area contributed by atoms with Crippen LogP contribution in [0.3, 0.4) is 0 Å². The Morgan fingerprint density at radius 2 is 2.16 bits per heavy atom. The largest absolute Gasteiger partial charge is 0.381 e. The first-order valence-electron chi connectivity index (χ1n) is 6.14. The molecule has 1 aliphatic carbocycles. The molecule has 0 aromatic heterocycles. The molecule has 2 rings (SSSR count). The average molecular weight is 287 g/mol. The highest BCUT2D eigenvalue weighted by Crippen LogP contribution is 2.25. The van der Waals surface area contributed by atoms with Crippen molar-refractivity contribution in [2.24, 2.45) is 5.14 Å². The van der Waals surface area contributed by atoms with Gasteiger partial charge >= 0.3 is 0 Å². The third kappa shape index (κ3) is 3.89. The van der Waals surface area contributed by atoms with Crippen LogP contribution < -0.4 is 10.5 Å². The molecule has 0 bridgehead atoms. The summed E-state index contributed by atoms with van der Waals surface area (Å²) in [6.07, 6.45) is 2.46. The molecule has 0 aliphatic heterocycles. The fourth-order valence-corrected chi connectivity index (χ4v) is 2.41. The predicted molar refractivity (Wildman–Crippen MR) is 71.9 cm³/mol. The van der Waals surface area contributed by atoms with Gasteiger partial charge in [0.15, 0.2) is 0 Å². The molecule has 19 heavy (non-hydrogen) atoms. The van der Waals surface area contributed by atoms with E-state index < -0.39 is 15.8 Å². The van der Waals surface area contributed by atoms with E-state index in [0.29, 0.717) is 12.6 Å². The Morgan fingerprint density at radius 3 is 2.68 bits per heavy atom. The number of nitrogens with one attached hydrogen (secondary N) is 1. The molecule has 1 aliphatic rings. The van der Waals surface area contributed by atoms with Crippen LogP contribution in [0.5, 0.6) is 0 Å². The number of primary sulfonamides is 1. The Morgan fingerprint density at radius 1 is 1.47 bits per heavy atom. The van der Waals surface area contributed by atoms with E-state index >= 15 is 0 Å². The summed E-state index contributed by atoms with van der Waals surface area (Å²) in [6.45, 7) is 1.43. The second-order valence-electron chi connectivity index (χ2n) is 4.83. The molecule has 106 valence electrons. The van der Waals surface area contributed by atoms with E-state index in [1.807, 2.05) is 7.05 Å². The van der Waals surface area contributed by atoms with E-state index in [0.717, 1.165) is 12.6 Å². The molecule has 0 atom stereocenters. The molecular formula is C12H18FN3O2S. The minimum absolute atomic E-state index is 0.217. The second kappa shape index (κ2) is 5.44. The van der Waals surface area contributed by atoms with E-state index in [1.165, 1.54) is 25.0 Å². The number of nitrogens with two attached hydrogens (primary N) is 1. The number of hydrogen-bond donors (Lipinski definition) is 2. The van der Waals surface area contributed by atoms with Gasteiger partial charge < -0.3 is 10.2 Å². The third-order valence-corrected chi connectivity index (χ3v) is 4.13. The van der Waals surface area contributed by atoms with E-state index in [2.05, 4.69) is 10.2 Å². The van der Waals surface area contributed by atoms with Gasteiger partial charge in [-0.15, -0.1) is 0 Å². The first-order valence-corrected chi connectivity index (χ1v) is 7.69. The quantitative estimate of drug-likeness (QED) is 0.818. The molecule has 1 aromatic rings. The van der Waals surface area contributed by atoms with Crippen molar-refractivity contribution in [2.75, 3.05) is 25.5 Å². The van der Waals surface area contributed by atoms with Crippen molar-refractivity contribution in [2.45, 2.75) is 23.8 Å². The van der Waals surface area contributed by atoms with Crippen molar-refractivity contribution in [1.29, 1.82) is 0 Å².